The lowest BCUT2D eigenvalue weighted by Crippen LogP contribution is -2.13. The number of primary sulfonamides is 1. The highest BCUT2D eigenvalue weighted by Gasteiger charge is 2.17. The van der Waals surface area contributed by atoms with Crippen molar-refractivity contribution in [2.24, 2.45) is 5.14 Å². The molecule has 0 saturated heterocycles. The van der Waals surface area contributed by atoms with E-state index in [9.17, 15) is 13.2 Å². The third-order valence-electron chi connectivity index (χ3n) is 1.71. The number of hydrogen-bond acceptors (Lipinski definition) is 3. The van der Waals surface area contributed by atoms with Crippen LogP contribution < -0.4 is 5.14 Å². The standard InChI is InChI=1S/C8H7BrClNO3S/c1-4(12)5-2-6(9)8(10)7(3-5)15(11,13)14/h2-3H,1H3,(H2,11,13,14). The summed E-state index contributed by atoms with van der Waals surface area (Å²) < 4.78 is 22.6. The van der Waals surface area contributed by atoms with Crippen LogP contribution in [0.1, 0.15) is 17.3 Å². The summed E-state index contributed by atoms with van der Waals surface area (Å²) in [5.41, 5.74) is 0.232. The van der Waals surface area contributed by atoms with Gasteiger partial charge in [-0.3, -0.25) is 4.79 Å². The maximum Gasteiger partial charge on any atom is 0.239 e. The van der Waals surface area contributed by atoms with Gasteiger partial charge in [0.15, 0.2) is 5.78 Å². The molecule has 1 aromatic rings. The molecule has 7 heteroatoms. The van der Waals surface area contributed by atoms with Gasteiger partial charge in [0.1, 0.15) is 4.90 Å². The molecule has 0 bridgehead atoms. The molecule has 0 spiro atoms. The summed E-state index contributed by atoms with van der Waals surface area (Å²) in [6.07, 6.45) is 0. The topological polar surface area (TPSA) is 77.2 Å². The Balaban J connectivity index is 3.59. The molecule has 1 rings (SSSR count). The molecular weight excluding hydrogens is 306 g/mol. The number of ketones is 1. The average molecular weight is 313 g/mol. The van der Waals surface area contributed by atoms with Crippen molar-refractivity contribution in [3.05, 3.63) is 27.2 Å². The Morgan fingerprint density at radius 2 is 2.00 bits per heavy atom. The quantitative estimate of drug-likeness (QED) is 0.848. The number of Topliss-reactive ketones (excluding diaryl/α,β-unsaturated/α-hetero) is 1. The minimum atomic E-state index is -3.93. The largest absolute Gasteiger partial charge is 0.295 e. The van der Waals surface area contributed by atoms with Crippen molar-refractivity contribution in [1.29, 1.82) is 0 Å². The van der Waals surface area contributed by atoms with E-state index in [2.05, 4.69) is 15.9 Å². The molecule has 82 valence electrons. The molecule has 0 amide bonds. The Morgan fingerprint density at radius 1 is 1.47 bits per heavy atom. The Hall–Kier alpha value is -0.430. The van der Waals surface area contributed by atoms with Crippen LogP contribution in [-0.4, -0.2) is 14.2 Å². The summed E-state index contributed by atoms with van der Waals surface area (Å²) in [5, 5.41) is 4.93. The van der Waals surface area contributed by atoms with Crippen molar-refractivity contribution in [3.8, 4) is 0 Å². The summed E-state index contributed by atoms with van der Waals surface area (Å²) in [6, 6.07) is 2.60. The molecule has 15 heavy (non-hydrogen) atoms. The van der Waals surface area contributed by atoms with Crippen molar-refractivity contribution in [3.63, 3.8) is 0 Å². The van der Waals surface area contributed by atoms with Gasteiger partial charge in [-0.15, -0.1) is 0 Å². The summed E-state index contributed by atoms with van der Waals surface area (Å²) in [6.45, 7) is 1.32. The van der Waals surface area contributed by atoms with Crippen molar-refractivity contribution >= 4 is 43.3 Å². The Morgan fingerprint density at radius 3 is 2.40 bits per heavy atom. The molecule has 4 nitrogen and oxygen atoms in total. The third-order valence-corrected chi connectivity index (χ3v) is 4.02. The minimum Gasteiger partial charge on any atom is -0.295 e. The van der Waals surface area contributed by atoms with Gasteiger partial charge in [-0.1, -0.05) is 11.6 Å². The van der Waals surface area contributed by atoms with Crippen LogP contribution in [0.15, 0.2) is 21.5 Å². The molecule has 1 aromatic carbocycles. The summed E-state index contributed by atoms with van der Waals surface area (Å²) in [7, 11) is -3.93. The minimum absolute atomic E-state index is 0.0255. The zero-order chi connectivity index (χ0) is 11.8. The molecule has 0 aliphatic rings. The van der Waals surface area contributed by atoms with Gasteiger partial charge in [-0.05, 0) is 35.0 Å². The summed E-state index contributed by atoms with van der Waals surface area (Å²) >= 11 is 8.79. The van der Waals surface area contributed by atoms with Gasteiger partial charge in [0.05, 0.1) is 5.02 Å². The lowest BCUT2D eigenvalue weighted by Gasteiger charge is -2.06. The van der Waals surface area contributed by atoms with E-state index in [1.54, 1.807) is 0 Å². The first-order valence-corrected chi connectivity index (χ1v) is 6.48. The zero-order valence-corrected chi connectivity index (χ0v) is 10.8. The molecule has 2 N–H and O–H groups in total. The molecule has 0 unspecified atom stereocenters. The van der Waals surface area contributed by atoms with Gasteiger partial charge in [-0.2, -0.15) is 0 Å². The van der Waals surface area contributed by atoms with E-state index in [1.807, 2.05) is 0 Å². The molecule has 0 atom stereocenters. The van der Waals surface area contributed by atoms with Crippen LogP contribution >= 0.6 is 27.5 Å². The highest BCUT2D eigenvalue weighted by atomic mass is 79.9. The normalized spacial score (nSPS) is 11.5. The first-order chi connectivity index (χ1) is 6.73. The lowest BCUT2D eigenvalue weighted by molar-refractivity contribution is 0.101. The second kappa shape index (κ2) is 4.21. The summed E-state index contributed by atoms with van der Waals surface area (Å²) in [4.78, 5) is 10.8. The SMILES string of the molecule is CC(=O)c1cc(Br)c(Cl)c(S(N)(=O)=O)c1. The van der Waals surface area contributed by atoms with E-state index in [0.29, 0.717) is 4.47 Å². The number of halogens is 2. The number of nitrogens with two attached hydrogens (primary N) is 1. The second-order valence-electron chi connectivity index (χ2n) is 2.87. The van der Waals surface area contributed by atoms with Crippen molar-refractivity contribution in [1.82, 2.24) is 0 Å². The highest BCUT2D eigenvalue weighted by molar-refractivity contribution is 9.10. The molecule has 0 saturated carbocycles. The second-order valence-corrected chi connectivity index (χ2v) is 5.63. The predicted octanol–water partition coefficient (Wildman–Crippen LogP) is 1.95. The van der Waals surface area contributed by atoms with Crippen LogP contribution in [0.3, 0.4) is 0 Å². The van der Waals surface area contributed by atoms with E-state index in [4.69, 9.17) is 16.7 Å². The van der Waals surface area contributed by atoms with E-state index < -0.39 is 10.0 Å². The number of rotatable bonds is 2. The van der Waals surface area contributed by atoms with Crippen LogP contribution in [-0.2, 0) is 10.0 Å². The fourth-order valence-electron chi connectivity index (χ4n) is 0.974. The van der Waals surface area contributed by atoms with Crippen LogP contribution in [0.25, 0.3) is 0 Å². The molecular formula is C8H7BrClNO3S. The molecule has 0 radical (unpaired) electrons. The maximum atomic E-state index is 11.1. The first-order valence-electron chi connectivity index (χ1n) is 3.76. The average Bonchev–Trinajstić information content (AvgIpc) is 2.06. The Bertz CT molecular complexity index is 527. The van der Waals surface area contributed by atoms with Gasteiger partial charge < -0.3 is 0 Å². The van der Waals surface area contributed by atoms with Gasteiger partial charge in [-0.25, -0.2) is 13.6 Å². The Kier molecular flexibility index (Phi) is 3.55. The number of benzene rings is 1. The van der Waals surface area contributed by atoms with Crippen LogP contribution in [0.2, 0.25) is 5.02 Å². The molecule has 0 aromatic heterocycles. The van der Waals surface area contributed by atoms with E-state index in [0.717, 1.165) is 6.07 Å². The number of carbonyl (C=O) groups is 1. The first kappa shape index (κ1) is 12.6. The monoisotopic (exact) mass is 311 g/mol. The fourth-order valence-corrected chi connectivity index (χ4v) is 2.65. The van der Waals surface area contributed by atoms with Crippen LogP contribution in [0.4, 0.5) is 0 Å². The van der Waals surface area contributed by atoms with Gasteiger partial charge in [0, 0.05) is 10.0 Å². The number of sulfonamides is 1. The smallest absolute Gasteiger partial charge is 0.239 e. The molecule has 0 aliphatic carbocycles. The highest BCUT2D eigenvalue weighted by Crippen LogP contribution is 2.30. The van der Waals surface area contributed by atoms with E-state index in [1.165, 1.54) is 13.0 Å². The van der Waals surface area contributed by atoms with E-state index in [-0.39, 0.29) is 21.3 Å². The van der Waals surface area contributed by atoms with Crippen molar-refractivity contribution in [2.45, 2.75) is 11.8 Å². The van der Waals surface area contributed by atoms with Crippen molar-refractivity contribution < 1.29 is 13.2 Å². The number of carbonyl (C=O) groups excluding carboxylic acids is 1. The molecule has 0 heterocycles. The predicted molar refractivity (Wildman–Crippen MR) is 60.5 cm³/mol. The lowest BCUT2D eigenvalue weighted by atomic mass is 10.1. The van der Waals surface area contributed by atoms with Crippen molar-refractivity contribution in [2.75, 3.05) is 0 Å². The molecule has 0 fully saturated rings. The zero-order valence-electron chi connectivity index (χ0n) is 7.62. The number of hydrogen-bond donors (Lipinski definition) is 1. The Labute approximate surface area is 101 Å². The van der Waals surface area contributed by atoms with Gasteiger partial charge in [0.25, 0.3) is 0 Å². The maximum absolute atomic E-state index is 11.1. The third kappa shape index (κ3) is 2.78. The molecule has 0 aliphatic heterocycles. The van der Waals surface area contributed by atoms with Crippen LogP contribution in [0.5, 0.6) is 0 Å². The summed E-state index contributed by atoms with van der Waals surface area (Å²) in [5.74, 6) is -0.266. The van der Waals surface area contributed by atoms with E-state index >= 15 is 0 Å². The van der Waals surface area contributed by atoms with Gasteiger partial charge in [0.2, 0.25) is 10.0 Å². The fraction of sp³-hybridized carbons (Fsp3) is 0.125. The van der Waals surface area contributed by atoms with Gasteiger partial charge >= 0.3 is 0 Å². The van der Waals surface area contributed by atoms with Crippen LogP contribution in [0, 0.1) is 0 Å².